The topological polar surface area (TPSA) is 26.3 Å². The van der Waals surface area contributed by atoms with Crippen molar-refractivity contribution >= 4 is 5.78 Å². The number of rotatable bonds is 2. The molecule has 15 heavy (non-hydrogen) atoms. The number of hydrogen-bond acceptors (Lipinski definition) is 2. The van der Waals surface area contributed by atoms with Gasteiger partial charge in [0.05, 0.1) is 7.11 Å². The van der Waals surface area contributed by atoms with E-state index in [0.717, 1.165) is 30.6 Å². The number of methoxy groups -OCH3 is 1. The Morgan fingerprint density at radius 1 is 1.33 bits per heavy atom. The van der Waals surface area contributed by atoms with E-state index in [4.69, 9.17) is 4.74 Å². The van der Waals surface area contributed by atoms with Crippen LogP contribution in [0.3, 0.4) is 0 Å². The van der Waals surface area contributed by atoms with Crippen molar-refractivity contribution in [2.45, 2.75) is 32.6 Å². The Bertz CT molecular complexity index is 394. The fourth-order valence-corrected chi connectivity index (χ4v) is 2.36. The van der Waals surface area contributed by atoms with E-state index in [-0.39, 0.29) is 5.78 Å². The van der Waals surface area contributed by atoms with Crippen LogP contribution in [-0.2, 0) is 12.8 Å². The summed E-state index contributed by atoms with van der Waals surface area (Å²) in [5.74, 6) is 1.21. The Morgan fingerprint density at radius 3 is 2.80 bits per heavy atom. The lowest BCUT2D eigenvalue weighted by Crippen LogP contribution is -2.13. The number of carbonyl (C=O) groups excluding carboxylic acids is 1. The first kappa shape index (κ1) is 10.2. The minimum Gasteiger partial charge on any atom is -0.496 e. The van der Waals surface area contributed by atoms with Crippen LogP contribution in [-0.4, -0.2) is 12.9 Å². The fraction of sp³-hybridized carbons (Fsp3) is 0.462. The summed E-state index contributed by atoms with van der Waals surface area (Å²) in [4.78, 5) is 11.7. The van der Waals surface area contributed by atoms with E-state index >= 15 is 0 Å². The molecule has 1 aliphatic carbocycles. The SMILES string of the molecule is CCc1c(OC)ccc2c1CCCC2=O. The molecular formula is C13H16O2. The maximum Gasteiger partial charge on any atom is 0.163 e. The molecule has 1 aliphatic rings. The number of fused-ring (bicyclic) bond motifs is 1. The number of ketones is 1. The molecule has 0 fully saturated rings. The van der Waals surface area contributed by atoms with Gasteiger partial charge in [0.15, 0.2) is 5.78 Å². The molecule has 1 aromatic carbocycles. The molecule has 0 bridgehead atoms. The number of carbonyl (C=O) groups is 1. The Kier molecular flexibility index (Phi) is 2.76. The Hall–Kier alpha value is -1.31. The molecule has 0 radical (unpaired) electrons. The number of ether oxygens (including phenoxy) is 1. The van der Waals surface area contributed by atoms with Crippen LogP contribution < -0.4 is 4.74 Å². The minimum atomic E-state index is 0.286. The molecular weight excluding hydrogens is 188 g/mol. The van der Waals surface area contributed by atoms with Gasteiger partial charge in [-0.3, -0.25) is 4.79 Å². The van der Waals surface area contributed by atoms with Crippen LogP contribution in [0.2, 0.25) is 0 Å². The van der Waals surface area contributed by atoms with Crippen molar-refractivity contribution in [1.29, 1.82) is 0 Å². The summed E-state index contributed by atoms with van der Waals surface area (Å²) >= 11 is 0. The summed E-state index contributed by atoms with van der Waals surface area (Å²) in [5.41, 5.74) is 3.34. The Balaban J connectivity index is 2.58. The van der Waals surface area contributed by atoms with Crippen molar-refractivity contribution in [2.75, 3.05) is 7.11 Å². The molecule has 0 heterocycles. The summed E-state index contributed by atoms with van der Waals surface area (Å²) in [7, 11) is 1.69. The molecule has 1 aromatic rings. The van der Waals surface area contributed by atoms with Gasteiger partial charge in [-0.15, -0.1) is 0 Å². The third kappa shape index (κ3) is 1.65. The summed E-state index contributed by atoms with van der Waals surface area (Å²) < 4.78 is 5.33. The third-order valence-corrected chi connectivity index (χ3v) is 3.09. The largest absolute Gasteiger partial charge is 0.496 e. The highest BCUT2D eigenvalue weighted by atomic mass is 16.5. The third-order valence-electron chi connectivity index (χ3n) is 3.09. The van der Waals surface area contributed by atoms with Crippen molar-refractivity contribution in [3.8, 4) is 5.75 Å². The summed E-state index contributed by atoms with van der Waals surface area (Å²) in [6, 6.07) is 3.83. The maximum absolute atomic E-state index is 11.7. The molecule has 0 saturated carbocycles. The van der Waals surface area contributed by atoms with Crippen molar-refractivity contribution < 1.29 is 9.53 Å². The molecule has 0 atom stereocenters. The van der Waals surface area contributed by atoms with Crippen LogP contribution in [0.15, 0.2) is 12.1 Å². The quantitative estimate of drug-likeness (QED) is 0.740. The highest BCUT2D eigenvalue weighted by Crippen LogP contribution is 2.31. The highest BCUT2D eigenvalue weighted by molar-refractivity contribution is 5.99. The number of Topliss-reactive ketones (excluding diaryl/α,β-unsaturated/α-hetero) is 1. The molecule has 2 nitrogen and oxygen atoms in total. The first-order chi connectivity index (χ1) is 7.27. The Labute approximate surface area is 90.3 Å². The summed E-state index contributed by atoms with van der Waals surface area (Å²) in [6.07, 6.45) is 3.62. The number of benzene rings is 1. The zero-order valence-electron chi connectivity index (χ0n) is 9.30. The van der Waals surface area contributed by atoms with Crippen LogP contribution in [0.4, 0.5) is 0 Å². The van der Waals surface area contributed by atoms with Gasteiger partial charge >= 0.3 is 0 Å². The van der Waals surface area contributed by atoms with E-state index < -0.39 is 0 Å². The predicted molar refractivity (Wildman–Crippen MR) is 59.6 cm³/mol. The first-order valence-electron chi connectivity index (χ1n) is 5.49. The molecule has 80 valence electrons. The molecule has 2 rings (SSSR count). The zero-order chi connectivity index (χ0) is 10.8. The molecule has 2 heteroatoms. The lowest BCUT2D eigenvalue weighted by atomic mass is 9.86. The van der Waals surface area contributed by atoms with Gasteiger partial charge in [-0.25, -0.2) is 0 Å². The van der Waals surface area contributed by atoms with E-state index in [9.17, 15) is 4.79 Å². The first-order valence-corrected chi connectivity index (χ1v) is 5.49. The zero-order valence-corrected chi connectivity index (χ0v) is 9.30. The van der Waals surface area contributed by atoms with Gasteiger partial charge in [0.25, 0.3) is 0 Å². The van der Waals surface area contributed by atoms with Crippen molar-refractivity contribution in [3.05, 3.63) is 28.8 Å². The monoisotopic (exact) mass is 204 g/mol. The van der Waals surface area contributed by atoms with Gasteiger partial charge in [0.1, 0.15) is 5.75 Å². The molecule has 0 spiro atoms. The lowest BCUT2D eigenvalue weighted by molar-refractivity contribution is 0.0972. The highest BCUT2D eigenvalue weighted by Gasteiger charge is 2.21. The summed E-state index contributed by atoms with van der Waals surface area (Å²) in [5, 5.41) is 0. The average molecular weight is 204 g/mol. The van der Waals surface area contributed by atoms with Crippen LogP contribution in [0.25, 0.3) is 0 Å². The van der Waals surface area contributed by atoms with Gasteiger partial charge < -0.3 is 4.74 Å². The van der Waals surface area contributed by atoms with E-state index in [2.05, 4.69) is 6.92 Å². The van der Waals surface area contributed by atoms with Crippen LogP contribution in [0.5, 0.6) is 5.75 Å². The lowest BCUT2D eigenvalue weighted by Gasteiger charge is -2.20. The number of hydrogen-bond donors (Lipinski definition) is 0. The van der Waals surface area contributed by atoms with Gasteiger partial charge in [-0.2, -0.15) is 0 Å². The van der Waals surface area contributed by atoms with Gasteiger partial charge in [-0.1, -0.05) is 6.92 Å². The normalized spacial score (nSPS) is 14.9. The molecule has 0 aliphatic heterocycles. The molecule has 0 N–H and O–H groups in total. The van der Waals surface area contributed by atoms with E-state index in [1.54, 1.807) is 7.11 Å². The van der Waals surface area contributed by atoms with Crippen LogP contribution >= 0.6 is 0 Å². The Morgan fingerprint density at radius 2 is 2.13 bits per heavy atom. The van der Waals surface area contributed by atoms with Gasteiger partial charge in [0, 0.05) is 12.0 Å². The minimum absolute atomic E-state index is 0.286. The second-order valence-electron chi connectivity index (χ2n) is 3.90. The van der Waals surface area contributed by atoms with Gasteiger partial charge in [-0.05, 0) is 42.5 Å². The second kappa shape index (κ2) is 4.05. The van der Waals surface area contributed by atoms with Crippen molar-refractivity contribution in [2.24, 2.45) is 0 Å². The predicted octanol–water partition coefficient (Wildman–Crippen LogP) is 2.78. The van der Waals surface area contributed by atoms with Crippen molar-refractivity contribution in [1.82, 2.24) is 0 Å². The molecule has 0 saturated heterocycles. The molecule has 0 unspecified atom stereocenters. The van der Waals surface area contributed by atoms with E-state index in [0.29, 0.717) is 6.42 Å². The van der Waals surface area contributed by atoms with E-state index in [1.165, 1.54) is 11.1 Å². The molecule has 0 amide bonds. The van der Waals surface area contributed by atoms with Crippen LogP contribution in [0.1, 0.15) is 41.3 Å². The van der Waals surface area contributed by atoms with Crippen LogP contribution in [0, 0.1) is 0 Å². The van der Waals surface area contributed by atoms with E-state index in [1.807, 2.05) is 12.1 Å². The van der Waals surface area contributed by atoms with Gasteiger partial charge in [0.2, 0.25) is 0 Å². The maximum atomic E-state index is 11.7. The van der Waals surface area contributed by atoms with Crippen molar-refractivity contribution in [3.63, 3.8) is 0 Å². The fourth-order valence-electron chi connectivity index (χ4n) is 2.36. The standard InChI is InChI=1S/C13H16O2/c1-3-9-10-5-4-6-12(14)11(10)7-8-13(9)15-2/h7-8H,3-6H2,1-2H3. The average Bonchev–Trinajstić information content (AvgIpc) is 2.28. The summed E-state index contributed by atoms with van der Waals surface area (Å²) in [6.45, 7) is 2.11. The smallest absolute Gasteiger partial charge is 0.163 e. The molecule has 0 aromatic heterocycles. The second-order valence-corrected chi connectivity index (χ2v) is 3.90.